The minimum Gasteiger partial charge on any atom is -0.394 e. The van der Waals surface area contributed by atoms with E-state index in [2.05, 4.69) is 67.8 Å². The Labute approximate surface area is 687 Å². The van der Waals surface area contributed by atoms with Crippen LogP contribution in [0.3, 0.4) is 0 Å². The van der Waals surface area contributed by atoms with Gasteiger partial charge in [-0.1, -0.05) is 383 Å². The second-order valence-electron chi connectivity index (χ2n) is 33.5. The van der Waals surface area contributed by atoms with Crippen molar-refractivity contribution in [1.82, 2.24) is 5.32 Å². The average Bonchev–Trinajstić information content (AvgIpc) is 0.779. The van der Waals surface area contributed by atoms with E-state index >= 15 is 0 Å². The van der Waals surface area contributed by atoms with Crippen molar-refractivity contribution < 1.29 is 89.4 Å². The molecule has 0 spiro atoms. The van der Waals surface area contributed by atoms with Gasteiger partial charge in [0.1, 0.15) is 73.2 Å². The Balaban J connectivity index is 1.32. The number of amides is 1. The Morgan fingerprint density at radius 2 is 0.593 bits per heavy atom. The van der Waals surface area contributed by atoms with Gasteiger partial charge in [-0.3, -0.25) is 4.79 Å². The fourth-order valence-electron chi connectivity index (χ4n) is 15.8. The van der Waals surface area contributed by atoms with Gasteiger partial charge in [-0.05, 0) is 70.6 Å². The van der Waals surface area contributed by atoms with Gasteiger partial charge in [0, 0.05) is 6.42 Å². The molecule has 3 saturated heterocycles. The normalized spacial score (nSPS) is 25.1. The summed E-state index contributed by atoms with van der Waals surface area (Å²) < 4.78 is 34.5. The number of ether oxygens (including phenoxy) is 6. The van der Waals surface area contributed by atoms with Crippen LogP contribution < -0.4 is 5.32 Å². The van der Waals surface area contributed by atoms with Crippen molar-refractivity contribution in [2.24, 2.45) is 0 Å². The molecule has 0 radical (unpaired) electrons. The summed E-state index contributed by atoms with van der Waals surface area (Å²) in [6.45, 7) is 1.77. The highest BCUT2D eigenvalue weighted by Crippen LogP contribution is 2.34. The molecule has 19 heteroatoms. The highest BCUT2D eigenvalue weighted by molar-refractivity contribution is 5.76. The van der Waals surface area contributed by atoms with Crippen LogP contribution in [-0.2, 0) is 33.2 Å². The number of nitrogens with one attached hydrogen (secondary N) is 1. The van der Waals surface area contributed by atoms with Crippen molar-refractivity contribution in [3.63, 3.8) is 0 Å². The lowest BCUT2D eigenvalue weighted by Crippen LogP contribution is -2.66. The zero-order valence-electron chi connectivity index (χ0n) is 71.6. The van der Waals surface area contributed by atoms with Crippen molar-refractivity contribution >= 4 is 5.91 Å². The first-order chi connectivity index (χ1) is 55.3. The number of rotatable bonds is 77. The van der Waals surface area contributed by atoms with E-state index in [1.807, 2.05) is 6.08 Å². The minimum atomic E-state index is -1.98. The zero-order chi connectivity index (χ0) is 81.7. The van der Waals surface area contributed by atoms with Crippen LogP contribution in [0.25, 0.3) is 0 Å². The number of carbonyl (C=O) groups excluding carboxylic acids is 1. The summed E-state index contributed by atoms with van der Waals surface area (Å²) >= 11 is 0. The molecular weight excluding hydrogens is 1430 g/mol. The summed E-state index contributed by atoms with van der Waals surface area (Å²) in [4.78, 5) is 13.5. The Bertz CT molecular complexity index is 2270. The van der Waals surface area contributed by atoms with Gasteiger partial charge in [0.15, 0.2) is 18.9 Å². The summed E-state index contributed by atoms with van der Waals surface area (Å²) in [5.41, 5.74) is 0. The average molecular weight is 1610 g/mol. The standard InChI is InChI=1S/C94H173NO18/c1-3-5-7-9-11-13-15-17-19-21-23-25-27-29-31-33-35-36-37-38-39-40-42-44-46-48-50-52-54-56-58-60-62-64-66-68-70-72-82(100)95-77(78(99)71-69-67-65-63-61-59-57-55-53-51-49-47-45-43-41-34-32-30-28-26-24-22-20-18-16-14-12-10-8-6-4-2)76-108-92-88(106)85(103)90(80(74-97)110-92)113-94-89(107)86(104)91(81(75-98)111-94)112-93-87(105)84(102)83(101)79(73-96)109-93/h15,17,21,23,27,29,61,63,69,71,77-81,83-94,96-99,101-107H,3-14,16,18-20,22,24-26,28,30-60,62,64-68,70,72-76H2,1-2H3,(H,95,100)/b17-15-,23-21-,29-27-,63-61+,71-69+. The van der Waals surface area contributed by atoms with E-state index < -0.39 is 124 Å². The third kappa shape index (κ3) is 51.7. The second kappa shape index (κ2) is 73.4. The smallest absolute Gasteiger partial charge is 0.220 e. The fourth-order valence-corrected chi connectivity index (χ4v) is 15.8. The van der Waals surface area contributed by atoms with Gasteiger partial charge in [0.2, 0.25) is 5.91 Å². The Morgan fingerprint density at radius 1 is 0.319 bits per heavy atom. The molecule has 3 rings (SSSR count). The summed E-state index contributed by atoms with van der Waals surface area (Å²) in [6.07, 6.45) is 71.0. The molecule has 0 bridgehead atoms. The zero-order valence-corrected chi connectivity index (χ0v) is 71.6. The molecule has 12 N–H and O–H groups in total. The van der Waals surface area contributed by atoms with Crippen LogP contribution in [0.5, 0.6) is 0 Å². The maximum atomic E-state index is 13.5. The molecule has 3 heterocycles. The lowest BCUT2D eigenvalue weighted by atomic mass is 9.96. The summed E-state index contributed by atoms with van der Waals surface area (Å²) in [6, 6.07) is -0.993. The van der Waals surface area contributed by atoms with Gasteiger partial charge in [-0.15, -0.1) is 0 Å². The van der Waals surface area contributed by atoms with Crippen LogP contribution >= 0.6 is 0 Å². The number of aliphatic hydroxyl groups excluding tert-OH is 11. The predicted molar refractivity (Wildman–Crippen MR) is 457 cm³/mol. The van der Waals surface area contributed by atoms with Crippen molar-refractivity contribution in [1.29, 1.82) is 0 Å². The first-order valence-corrected chi connectivity index (χ1v) is 47.0. The first kappa shape index (κ1) is 105. The molecular formula is C94H173NO18. The van der Waals surface area contributed by atoms with E-state index in [1.54, 1.807) is 6.08 Å². The minimum absolute atomic E-state index is 0.238. The van der Waals surface area contributed by atoms with E-state index in [1.165, 1.54) is 315 Å². The topological polar surface area (TPSA) is 307 Å². The van der Waals surface area contributed by atoms with Gasteiger partial charge in [0.05, 0.1) is 38.6 Å². The van der Waals surface area contributed by atoms with E-state index in [4.69, 9.17) is 28.4 Å². The molecule has 0 aliphatic carbocycles. The van der Waals surface area contributed by atoms with Crippen molar-refractivity contribution in [3.05, 3.63) is 60.8 Å². The molecule has 17 unspecified atom stereocenters. The molecule has 662 valence electrons. The molecule has 1 amide bonds. The molecule has 0 aromatic rings. The summed E-state index contributed by atoms with van der Waals surface area (Å²) in [7, 11) is 0. The van der Waals surface area contributed by atoms with Crippen LogP contribution in [-0.4, -0.2) is 193 Å². The van der Waals surface area contributed by atoms with Crippen LogP contribution in [0.4, 0.5) is 0 Å². The van der Waals surface area contributed by atoms with Crippen LogP contribution in [0.1, 0.15) is 399 Å². The van der Waals surface area contributed by atoms with E-state index in [9.17, 15) is 61.0 Å². The molecule has 3 fully saturated rings. The molecule has 3 aliphatic rings. The number of hydrogen-bond donors (Lipinski definition) is 12. The number of hydrogen-bond acceptors (Lipinski definition) is 18. The SMILES string of the molecule is CCCCCCC/C=C\C/C=C\C/C=C\CCCCCCCCCCCCCCCCCCCCCCCCC(=O)NC(COC1OC(CO)C(OC2OC(CO)C(OC3OC(CO)C(O)C(O)C3O)C(O)C2O)C(O)C1O)C(O)/C=C/CC/C=C/CCCCCCCCCCCCCCCCCCCCCCCCCCC. The Kier molecular flexibility index (Phi) is 68.0. The highest BCUT2D eigenvalue weighted by atomic mass is 16.8. The number of allylic oxidation sites excluding steroid dienone is 9. The quantitative estimate of drug-likeness (QED) is 0.0199. The Morgan fingerprint density at radius 3 is 0.947 bits per heavy atom. The van der Waals surface area contributed by atoms with E-state index in [0.717, 1.165) is 51.4 Å². The number of unbranched alkanes of at least 4 members (excludes halogenated alkanes) is 53. The van der Waals surface area contributed by atoms with Gasteiger partial charge in [-0.2, -0.15) is 0 Å². The van der Waals surface area contributed by atoms with Gasteiger partial charge < -0.3 is 89.9 Å². The van der Waals surface area contributed by atoms with Crippen LogP contribution in [0.2, 0.25) is 0 Å². The first-order valence-electron chi connectivity index (χ1n) is 47.0. The van der Waals surface area contributed by atoms with Gasteiger partial charge in [-0.25, -0.2) is 0 Å². The number of aliphatic hydroxyl groups is 11. The van der Waals surface area contributed by atoms with Gasteiger partial charge >= 0.3 is 0 Å². The van der Waals surface area contributed by atoms with E-state index in [-0.39, 0.29) is 18.9 Å². The lowest BCUT2D eigenvalue weighted by Gasteiger charge is -2.48. The summed E-state index contributed by atoms with van der Waals surface area (Å²) in [5, 5.41) is 121. The molecule has 17 atom stereocenters. The molecule has 0 aromatic carbocycles. The highest BCUT2D eigenvalue weighted by Gasteiger charge is 2.54. The van der Waals surface area contributed by atoms with Crippen molar-refractivity contribution in [2.45, 2.75) is 503 Å². The predicted octanol–water partition coefficient (Wildman–Crippen LogP) is 18.5. The lowest BCUT2D eigenvalue weighted by molar-refractivity contribution is -0.379. The van der Waals surface area contributed by atoms with Crippen molar-refractivity contribution in [2.75, 3.05) is 26.4 Å². The van der Waals surface area contributed by atoms with Gasteiger partial charge in [0.25, 0.3) is 0 Å². The third-order valence-corrected chi connectivity index (χ3v) is 23.3. The largest absolute Gasteiger partial charge is 0.394 e. The van der Waals surface area contributed by atoms with Crippen LogP contribution in [0, 0.1) is 0 Å². The molecule has 0 saturated carbocycles. The molecule has 3 aliphatic heterocycles. The maximum Gasteiger partial charge on any atom is 0.220 e. The fraction of sp³-hybridized carbons (Fsp3) is 0.883. The molecule has 113 heavy (non-hydrogen) atoms. The molecule has 19 nitrogen and oxygen atoms in total. The van der Waals surface area contributed by atoms with Crippen molar-refractivity contribution in [3.8, 4) is 0 Å². The maximum absolute atomic E-state index is 13.5. The van der Waals surface area contributed by atoms with Crippen LogP contribution in [0.15, 0.2) is 60.8 Å². The third-order valence-electron chi connectivity index (χ3n) is 23.3. The Hall–Kier alpha value is -2.51. The number of carbonyl (C=O) groups is 1. The molecule has 0 aromatic heterocycles. The second-order valence-corrected chi connectivity index (χ2v) is 33.5. The summed E-state index contributed by atoms with van der Waals surface area (Å²) in [5.74, 6) is -0.278. The monoisotopic (exact) mass is 1600 g/mol. The van der Waals surface area contributed by atoms with E-state index in [0.29, 0.717) is 12.8 Å².